The van der Waals surface area contributed by atoms with Gasteiger partial charge in [0, 0.05) is 13.1 Å². The van der Waals surface area contributed by atoms with Gasteiger partial charge in [0.25, 0.3) is 0 Å². The molecule has 2 rings (SSSR count). The normalized spacial score (nSPS) is 31.1. The fraction of sp³-hybridized carbons (Fsp3) is 0.684. The Hall–Kier alpha value is -1.22. The van der Waals surface area contributed by atoms with E-state index in [0.29, 0.717) is 6.54 Å². The van der Waals surface area contributed by atoms with E-state index in [9.17, 15) is 35.7 Å². The fourth-order valence-electron chi connectivity index (χ4n) is 3.03. The largest absolute Gasteiger partial charge is 0.394 e. The van der Waals surface area contributed by atoms with Crippen molar-refractivity contribution < 1.29 is 50.3 Å². The van der Waals surface area contributed by atoms with Crippen LogP contribution in [0.4, 0.5) is 0 Å². The first-order valence-corrected chi connectivity index (χ1v) is 9.65. The third-order valence-corrected chi connectivity index (χ3v) is 4.94. The standard InChI is InChI=1S/C19H31NO10/c21-8-13-16(26)17(27)18(28)19(30-13)29-9-12(23)15(25)14(24)11(22)7-20-6-10-4-2-1-3-5-10/h1-5,11-28H,6-9H2/t11?,12?,13-,14?,15?,16-,17+,18-,19+/m1/s1. The lowest BCUT2D eigenvalue weighted by molar-refractivity contribution is -0.306. The number of rotatable bonds is 11. The number of ether oxygens (including phenoxy) is 2. The number of aliphatic hydroxyl groups is 8. The predicted molar refractivity (Wildman–Crippen MR) is 102 cm³/mol. The number of aliphatic hydroxyl groups excluding tert-OH is 8. The van der Waals surface area contributed by atoms with Crippen LogP contribution in [-0.4, -0.2) is 116 Å². The average molecular weight is 433 g/mol. The molecule has 1 saturated heterocycles. The summed E-state index contributed by atoms with van der Waals surface area (Å²) in [5.74, 6) is 0. The molecule has 9 N–H and O–H groups in total. The second-order valence-electron chi connectivity index (χ2n) is 7.26. The molecule has 0 aliphatic carbocycles. The molecule has 172 valence electrons. The van der Waals surface area contributed by atoms with Gasteiger partial charge < -0.3 is 55.6 Å². The zero-order valence-corrected chi connectivity index (χ0v) is 16.3. The van der Waals surface area contributed by atoms with Crippen LogP contribution >= 0.6 is 0 Å². The SMILES string of the molecule is OC[C@H]1O[C@H](OCC(O)C(O)C(O)C(O)CNCc2ccccc2)[C@H](O)[C@@H](O)[C@@H]1O. The molecule has 1 aliphatic heterocycles. The second-order valence-corrected chi connectivity index (χ2v) is 7.26. The van der Waals surface area contributed by atoms with Crippen molar-refractivity contribution in [1.29, 1.82) is 0 Å². The maximum Gasteiger partial charge on any atom is 0.186 e. The molecular formula is C19H31NO10. The van der Waals surface area contributed by atoms with Crippen LogP contribution in [0.1, 0.15) is 5.56 Å². The Morgan fingerprint density at radius 1 is 0.900 bits per heavy atom. The van der Waals surface area contributed by atoms with E-state index in [1.807, 2.05) is 30.3 Å². The third kappa shape index (κ3) is 6.64. The van der Waals surface area contributed by atoms with E-state index >= 15 is 0 Å². The maximum absolute atomic E-state index is 10.1. The quantitative estimate of drug-likeness (QED) is 0.165. The van der Waals surface area contributed by atoms with Crippen molar-refractivity contribution in [2.45, 2.75) is 61.7 Å². The van der Waals surface area contributed by atoms with Gasteiger partial charge in [0.1, 0.15) is 42.7 Å². The highest BCUT2D eigenvalue weighted by molar-refractivity contribution is 5.14. The molecule has 0 aromatic heterocycles. The minimum Gasteiger partial charge on any atom is -0.394 e. The van der Waals surface area contributed by atoms with Crippen LogP contribution in [0.3, 0.4) is 0 Å². The van der Waals surface area contributed by atoms with Crippen molar-refractivity contribution in [2.75, 3.05) is 19.8 Å². The van der Waals surface area contributed by atoms with Gasteiger partial charge in [-0.25, -0.2) is 0 Å². The van der Waals surface area contributed by atoms with Gasteiger partial charge in [-0.3, -0.25) is 0 Å². The number of hydrogen-bond acceptors (Lipinski definition) is 11. The highest BCUT2D eigenvalue weighted by Gasteiger charge is 2.44. The van der Waals surface area contributed by atoms with E-state index < -0.39 is 68.3 Å². The van der Waals surface area contributed by atoms with Crippen LogP contribution in [0.25, 0.3) is 0 Å². The van der Waals surface area contributed by atoms with Crippen LogP contribution < -0.4 is 5.32 Å². The summed E-state index contributed by atoms with van der Waals surface area (Å²) >= 11 is 0. The van der Waals surface area contributed by atoms with Crippen molar-refractivity contribution in [3.63, 3.8) is 0 Å². The molecule has 1 aliphatic rings. The van der Waals surface area contributed by atoms with E-state index in [-0.39, 0.29) is 6.54 Å². The summed E-state index contributed by atoms with van der Waals surface area (Å²) in [5.41, 5.74) is 0.965. The lowest BCUT2D eigenvalue weighted by Crippen LogP contribution is -2.59. The minimum atomic E-state index is -1.77. The van der Waals surface area contributed by atoms with Crippen LogP contribution in [0.5, 0.6) is 0 Å². The Labute approximate surface area is 173 Å². The van der Waals surface area contributed by atoms with Crippen molar-refractivity contribution in [2.24, 2.45) is 0 Å². The topological polar surface area (TPSA) is 192 Å². The van der Waals surface area contributed by atoms with Crippen molar-refractivity contribution in [1.82, 2.24) is 5.32 Å². The Bertz CT molecular complexity index is 606. The van der Waals surface area contributed by atoms with Gasteiger partial charge in [0.05, 0.1) is 19.3 Å². The molecule has 0 radical (unpaired) electrons. The summed E-state index contributed by atoms with van der Waals surface area (Å²) in [5, 5.41) is 81.5. The van der Waals surface area contributed by atoms with Crippen LogP contribution in [0.2, 0.25) is 0 Å². The van der Waals surface area contributed by atoms with Gasteiger partial charge in [-0.15, -0.1) is 0 Å². The first kappa shape index (κ1) is 25.0. The summed E-state index contributed by atoms with van der Waals surface area (Å²) < 4.78 is 10.2. The van der Waals surface area contributed by atoms with E-state index in [1.165, 1.54) is 0 Å². The summed E-state index contributed by atoms with van der Waals surface area (Å²) in [6.45, 7) is -0.876. The van der Waals surface area contributed by atoms with Gasteiger partial charge in [0.15, 0.2) is 6.29 Å². The highest BCUT2D eigenvalue weighted by Crippen LogP contribution is 2.22. The lowest BCUT2D eigenvalue weighted by atomic mass is 9.99. The van der Waals surface area contributed by atoms with Gasteiger partial charge in [-0.2, -0.15) is 0 Å². The van der Waals surface area contributed by atoms with Gasteiger partial charge in [-0.05, 0) is 5.56 Å². The number of nitrogens with one attached hydrogen (secondary N) is 1. The van der Waals surface area contributed by atoms with Gasteiger partial charge >= 0.3 is 0 Å². The Kier molecular flexibility index (Phi) is 10.0. The maximum atomic E-state index is 10.1. The molecule has 1 aromatic rings. The average Bonchev–Trinajstić information content (AvgIpc) is 2.76. The molecule has 0 amide bonds. The van der Waals surface area contributed by atoms with Crippen LogP contribution in [0.15, 0.2) is 30.3 Å². The van der Waals surface area contributed by atoms with Crippen LogP contribution in [0, 0.1) is 0 Å². The van der Waals surface area contributed by atoms with Crippen molar-refractivity contribution >= 4 is 0 Å². The van der Waals surface area contributed by atoms with E-state index in [1.54, 1.807) is 0 Å². The van der Waals surface area contributed by atoms with Crippen molar-refractivity contribution in [3.05, 3.63) is 35.9 Å². The Morgan fingerprint density at radius 3 is 2.17 bits per heavy atom. The molecular weight excluding hydrogens is 402 g/mol. The zero-order valence-electron chi connectivity index (χ0n) is 16.3. The summed E-state index contributed by atoms with van der Waals surface area (Å²) in [4.78, 5) is 0. The Morgan fingerprint density at radius 2 is 1.53 bits per heavy atom. The summed E-state index contributed by atoms with van der Waals surface area (Å²) in [6.07, 6.45) is -14.0. The van der Waals surface area contributed by atoms with Gasteiger partial charge in [0.2, 0.25) is 0 Å². The predicted octanol–water partition coefficient (Wildman–Crippen LogP) is -3.96. The molecule has 9 atom stereocenters. The molecule has 30 heavy (non-hydrogen) atoms. The number of hydrogen-bond donors (Lipinski definition) is 9. The van der Waals surface area contributed by atoms with Crippen molar-refractivity contribution in [3.8, 4) is 0 Å². The summed E-state index contributed by atoms with van der Waals surface area (Å²) in [7, 11) is 0. The molecule has 4 unspecified atom stereocenters. The minimum absolute atomic E-state index is 0.0482. The summed E-state index contributed by atoms with van der Waals surface area (Å²) in [6, 6.07) is 9.34. The first-order chi connectivity index (χ1) is 14.3. The molecule has 1 fully saturated rings. The fourth-order valence-corrected chi connectivity index (χ4v) is 3.03. The third-order valence-electron chi connectivity index (χ3n) is 4.94. The van der Waals surface area contributed by atoms with Crippen LogP contribution in [-0.2, 0) is 16.0 Å². The van der Waals surface area contributed by atoms with E-state index in [4.69, 9.17) is 14.6 Å². The second kappa shape index (κ2) is 12.0. The molecule has 1 heterocycles. The molecule has 0 spiro atoms. The smallest absolute Gasteiger partial charge is 0.186 e. The molecule has 0 saturated carbocycles. The lowest BCUT2D eigenvalue weighted by Gasteiger charge is -2.40. The molecule has 11 heteroatoms. The monoisotopic (exact) mass is 433 g/mol. The van der Waals surface area contributed by atoms with Gasteiger partial charge in [-0.1, -0.05) is 30.3 Å². The van der Waals surface area contributed by atoms with E-state index in [0.717, 1.165) is 5.56 Å². The zero-order chi connectivity index (χ0) is 22.3. The molecule has 1 aromatic carbocycles. The Balaban J connectivity index is 1.77. The highest BCUT2D eigenvalue weighted by atomic mass is 16.7. The molecule has 11 nitrogen and oxygen atoms in total. The van der Waals surface area contributed by atoms with E-state index in [2.05, 4.69) is 5.32 Å². The molecule has 0 bridgehead atoms. The number of benzene rings is 1. The first-order valence-electron chi connectivity index (χ1n) is 9.65.